The lowest BCUT2D eigenvalue weighted by atomic mass is 10.0. The predicted octanol–water partition coefficient (Wildman–Crippen LogP) is 2.82. The van der Waals surface area contributed by atoms with Gasteiger partial charge >= 0.3 is 0 Å². The van der Waals surface area contributed by atoms with Gasteiger partial charge in [-0.1, -0.05) is 39.0 Å². The number of hydrogen-bond donors (Lipinski definition) is 1. The van der Waals surface area contributed by atoms with Gasteiger partial charge in [-0.3, -0.25) is 4.99 Å². The number of aliphatic imine (C=N–C) groups is 1. The maximum Gasteiger partial charge on any atom is 0.157 e. The molecule has 2 atom stereocenters. The average molecular weight is 271 g/mol. The summed E-state index contributed by atoms with van der Waals surface area (Å²) in [5.74, 6) is 0.723. The molecule has 0 saturated heterocycles. The third-order valence-corrected chi connectivity index (χ3v) is 4.18. The molecule has 1 N–H and O–H groups in total. The zero-order valence-corrected chi connectivity index (χ0v) is 13.4. The van der Waals surface area contributed by atoms with Crippen molar-refractivity contribution in [3.63, 3.8) is 0 Å². The first-order valence-electron chi connectivity index (χ1n) is 7.13. The van der Waals surface area contributed by atoms with Gasteiger partial charge in [0.15, 0.2) is 5.17 Å². The van der Waals surface area contributed by atoms with Crippen LogP contribution in [0.25, 0.3) is 0 Å². The second-order valence-electron chi connectivity index (χ2n) is 5.91. The van der Waals surface area contributed by atoms with Crippen molar-refractivity contribution in [2.75, 3.05) is 27.2 Å². The Bertz CT molecular complexity index is 254. The minimum atomic E-state index is 0.520. The minimum absolute atomic E-state index is 0.520. The van der Waals surface area contributed by atoms with E-state index in [-0.39, 0.29) is 0 Å². The standard InChI is InChI=1S/C14H29N3S/c1-6-7-13-9-15-14(18-13)16-12(8-11(2)3)10-17(4)5/h11-13H,6-10H2,1-5H3,(H,15,16). The SMILES string of the molecule is CCCC1CN=C(NC(CC(C)C)CN(C)C)S1. The molecule has 2 unspecified atom stereocenters. The topological polar surface area (TPSA) is 27.6 Å². The van der Waals surface area contributed by atoms with E-state index in [4.69, 9.17) is 0 Å². The van der Waals surface area contributed by atoms with E-state index in [1.165, 1.54) is 24.4 Å². The van der Waals surface area contributed by atoms with E-state index in [1.807, 2.05) is 11.8 Å². The van der Waals surface area contributed by atoms with Gasteiger partial charge in [0, 0.05) is 17.8 Å². The molecule has 0 aromatic rings. The van der Waals surface area contributed by atoms with Crippen LogP contribution < -0.4 is 5.32 Å². The Labute approximate surface area is 117 Å². The highest BCUT2D eigenvalue weighted by atomic mass is 32.2. The van der Waals surface area contributed by atoms with Crippen molar-refractivity contribution >= 4 is 16.9 Å². The van der Waals surface area contributed by atoms with E-state index >= 15 is 0 Å². The van der Waals surface area contributed by atoms with Crippen LogP contribution in [-0.2, 0) is 0 Å². The fourth-order valence-electron chi connectivity index (χ4n) is 2.33. The Hall–Kier alpha value is -0.220. The Balaban J connectivity index is 2.41. The second-order valence-corrected chi connectivity index (χ2v) is 7.20. The molecule has 0 fully saturated rings. The van der Waals surface area contributed by atoms with Gasteiger partial charge in [0.2, 0.25) is 0 Å². The molecule has 1 aliphatic heterocycles. The van der Waals surface area contributed by atoms with E-state index in [0.717, 1.165) is 19.0 Å². The van der Waals surface area contributed by atoms with E-state index in [9.17, 15) is 0 Å². The summed E-state index contributed by atoms with van der Waals surface area (Å²) >= 11 is 1.94. The number of nitrogens with one attached hydrogen (secondary N) is 1. The van der Waals surface area contributed by atoms with Crippen molar-refractivity contribution in [3.8, 4) is 0 Å². The zero-order valence-electron chi connectivity index (χ0n) is 12.6. The molecule has 0 aromatic carbocycles. The third-order valence-electron chi connectivity index (χ3n) is 3.00. The highest BCUT2D eigenvalue weighted by molar-refractivity contribution is 8.14. The molecule has 0 saturated carbocycles. The van der Waals surface area contributed by atoms with Crippen LogP contribution in [0.15, 0.2) is 4.99 Å². The molecule has 1 heterocycles. The van der Waals surface area contributed by atoms with Gasteiger partial charge in [-0.25, -0.2) is 0 Å². The van der Waals surface area contributed by atoms with Crippen molar-refractivity contribution in [1.29, 1.82) is 0 Å². The second kappa shape index (κ2) is 8.05. The van der Waals surface area contributed by atoms with Crippen LogP contribution in [0.5, 0.6) is 0 Å². The lowest BCUT2D eigenvalue weighted by molar-refractivity contribution is 0.329. The van der Waals surface area contributed by atoms with Crippen molar-refractivity contribution in [2.24, 2.45) is 10.9 Å². The van der Waals surface area contributed by atoms with Gasteiger partial charge in [-0.05, 0) is 32.9 Å². The number of hydrogen-bond acceptors (Lipinski definition) is 4. The van der Waals surface area contributed by atoms with Gasteiger partial charge in [-0.2, -0.15) is 0 Å². The van der Waals surface area contributed by atoms with Crippen LogP contribution in [0.2, 0.25) is 0 Å². The van der Waals surface area contributed by atoms with Crippen molar-refractivity contribution < 1.29 is 0 Å². The Morgan fingerprint density at radius 3 is 2.72 bits per heavy atom. The van der Waals surface area contributed by atoms with Gasteiger partial charge in [0.1, 0.15) is 0 Å². The lowest BCUT2D eigenvalue weighted by Crippen LogP contribution is -2.41. The highest BCUT2D eigenvalue weighted by Gasteiger charge is 2.21. The number of likely N-dealkylation sites (N-methyl/N-ethyl adjacent to an activating group) is 1. The fourth-order valence-corrected chi connectivity index (χ4v) is 3.53. The molecule has 18 heavy (non-hydrogen) atoms. The number of nitrogens with zero attached hydrogens (tertiary/aromatic N) is 2. The molecule has 1 rings (SSSR count). The van der Waals surface area contributed by atoms with Crippen LogP contribution in [0.1, 0.15) is 40.0 Å². The van der Waals surface area contributed by atoms with Gasteiger partial charge in [0.05, 0.1) is 6.54 Å². The van der Waals surface area contributed by atoms with Crippen LogP contribution >= 0.6 is 11.8 Å². The summed E-state index contributed by atoms with van der Waals surface area (Å²) < 4.78 is 0. The molecule has 106 valence electrons. The maximum absolute atomic E-state index is 4.64. The van der Waals surface area contributed by atoms with Crippen LogP contribution in [0, 0.1) is 5.92 Å². The van der Waals surface area contributed by atoms with E-state index in [0.29, 0.717) is 11.3 Å². The first kappa shape index (κ1) is 15.8. The monoisotopic (exact) mass is 271 g/mol. The smallest absolute Gasteiger partial charge is 0.157 e. The molecule has 3 nitrogen and oxygen atoms in total. The first-order valence-corrected chi connectivity index (χ1v) is 8.01. The predicted molar refractivity (Wildman–Crippen MR) is 83.5 cm³/mol. The quantitative estimate of drug-likeness (QED) is 0.771. The first-order chi connectivity index (χ1) is 8.51. The molecular formula is C14H29N3S. The molecule has 0 radical (unpaired) electrons. The maximum atomic E-state index is 4.64. The number of thioether (sulfide) groups is 1. The van der Waals surface area contributed by atoms with Crippen molar-refractivity contribution in [3.05, 3.63) is 0 Å². The number of rotatable bonds is 7. The normalized spacial score (nSPS) is 21.5. The molecule has 1 aliphatic rings. The Kier molecular flexibility index (Phi) is 7.08. The summed E-state index contributed by atoms with van der Waals surface area (Å²) in [7, 11) is 4.27. The Morgan fingerprint density at radius 2 is 2.17 bits per heavy atom. The summed E-state index contributed by atoms with van der Waals surface area (Å²) in [6, 6.07) is 0.520. The fraction of sp³-hybridized carbons (Fsp3) is 0.929. The molecule has 0 aromatic heterocycles. The van der Waals surface area contributed by atoms with Crippen molar-refractivity contribution in [2.45, 2.75) is 51.3 Å². The average Bonchev–Trinajstić information content (AvgIpc) is 2.64. The minimum Gasteiger partial charge on any atom is -0.361 e. The van der Waals surface area contributed by atoms with Crippen LogP contribution in [0.3, 0.4) is 0 Å². The Morgan fingerprint density at radius 1 is 1.44 bits per heavy atom. The van der Waals surface area contributed by atoms with Crippen LogP contribution in [0.4, 0.5) is 0 Å². The van der Waals surface area contributed by atoms with E-state index in [1.54, 1.807) is 0 Å². The lowest BCUT2D eigenvalue weighted by Gasteiger charge is -2.24. The number of amidine groups is 1. The largest absolute Gasteiger partial charge is 0.361 e. The molecule has 0 aliphatic carbocycles. The summed E-state index contributed by atoms with van der Waals surface area (Å²) in [6.45, 7) is 8.90. The van der Waals surface area contributed by atoms with Crippen molar-refractivity contribution in [1.82, 2.24) is 10.2 Å². The summed E-state index contributed by atoms with van der Waals surface area (Å²) in [5.41, 5.74) is 0. The molecule has 0 spiro atoms. The molecule has 0 bridgehead atoms. The molecule has 4 heteroatoms. The third kappa shape index (κ3) is 6.10. The summed E-state index contributed by atoms with van der Waals surface area (Å²) in [4.78, 5) is 6.89. The van der Waals surface area contributed by atoms with Gasteiger partial charge in [0.25, 0.3) is 0 Å². The zero-order chi connectivity index (χ0) is 13.5. The van der Waals surface area contributed by atoms with E-state index < -0.39 is 0 Å². The molecular weight excluding hydrogens is 242 g/mol. The van der Waals surface area contributed by atoms with E-state index in [2.05, 4.69) is 50.1 Å². The van der Waals surface area contributed by atoms with Gasteiger partial charge < -0.3 is 10.2 Å². The molecule has 0 amide bonds. The summed E-state index contributed by atoms with van der Waals surface area (Å²) in [6.07, 6.45) is 3.74. The van der Waals surface area contributed by atoms with Crippen LogP contribution in [-0.4, -0.2) is 48.5 Å². The summed E-state index contributed by atoms with van der Waals surface area (Å²) in [5, 5.41) is 5.51. The highest BCUT2D eigenvalue weighted by Crippen LogP contribution is 2.24. The van der Waals surface area contributed by atoms with Gasteiger partial charge in [-0.15, -0.1) is 0 Å².